The van der Waals surface area contributed by atoms with Gasteiger partial charge in [-0.25, -0.2) is 14.6 Å². The summed E-state index contributed by atoms with van der Waals surface area (Å²) in [7, 11) is 0. The normalized spacial score (nSPS) is 21.8. The molecule has 2 aromatic heterocycles. The Labute approximate surface area is 225 Å². The molecule has 1 saturated heterocycles. The van der Waals surface area contributed by atoms with Gasteiger partial charge < -0.3 is 15.5 Å². The van der Waals surface area contributed by atoms with E-state index in [1.165, 1.54) is 37.8 Å². The molecule has 0 spiro atoms. The van der Waals surface area contributed by atoms with Crippen LogP contribution >= 0.6 is 0 Å². The monoisotopic (exact) mass is 507 g/mol. The first-order chi connectivity index (χ1) is 18.7. The van der Waals surface area contributed by atoms with Crippen molar-refractivity contribution in [2.45, 2.75) is 63.6 Å². The van der Waals surface area contributed by atoms with Crippen molar-refractivity contribution in [2.24, 2.45) is 0 Å². The van der Waals surface area contributed by atoms with Gasteiger partial charge in [0.15, 0.2) is 0 Å². The van der Waals surface area contributed by atoms with Crippen molar-refractivity contribution < 1.29 is 0 Å². The highest BCUT2D eigenvalue weighted by Gasteiger charge is 2.29. The molecule has 6 rings (SSSR count). The maximum atomic E-state index is 4.84. The van der Waals surface area contributed by atoms with Crippen LogP contribution in [0.3, 0.4) is 0 Å². The molecule has 2 aromatic carbocycles. The van der Waals surface area contributed by atoms with E-state index in [1.54, 1.807) is 0 Å². The zero-order valence-corrected chi connectivity index (χ0v) is 22.1. The third kappa shape index (κ3) is 5.73. The first-order valence-electron chi connectivity index (χ1n) is 14.0. The van der Waals surface area contributed by atoms with E-state index in [2.05, 4.69) is 62.0 Å². The van der Waals surface area contributed by atoms with E-state index in [4.69, 9.17) is 4.98 Å². The number of hydrogen-bond donors (Lipinski definition) is 2. The van der Waals surface area contributed by atoms with Gasteiger partial charge in [-0.1, -0.05) is 43.2 Å². The molecule has 2 aliphatic rings. The Balaban J connectivity index is 1.10. The van der Waals surface area contributed by atoms with Crippen LogP contribution in [0.4, 0.5) is 11.6 Å². The topological polar surface area (TPSA) is 70.9 Å². The molecule has 1 aliphatic heterocycles. The smallest absolute Gasteiger partial charge is 0.223 e. The second kappa shape index (κ2) is 11.4. The van der Waals surface area contributed by atoms with Crippen LogP contribution in [0.15, 0.2) is 79.1 Å². The predicted molar refractivity (Wildman–Crippen MR) is 154 cm³/mol. The molecule has 1 saturated carbocycles. The highest BCUT2D eigenvalue weighted by molar-refractivity contribution is 5.59. The SMILES string of the molecule is Cc1ccn(-c2ccc(N3CCC[C@H](NC4CCCCC4Nc4nccc(-c5ccccc5)n4)C3)cc2)n1. The van der Waals surface area contributed by atoms with Gasteiger partial charge in [0.2, 0.25) is 5.95 Å². The summed E-state index contributed by atoms with van der Waals surface area (Å²) in [4.78, 5) is 11.9. The van der Waals surface area contributed by atoms with Gasteiger partial charge in [0.25, 0.3) is 0 Å². The Morgan fingerprint density at radius 2 is 1.61 bits per heavy atom. The molecule has 1 aliphatic carbocycles. The molecule has 2 unspecified atom stereocenters. The van der Waals surface area contributed by atoms with Crippen molar-refractivity contribution in [3.63, 3.8) is 0 Å². The largest absolute Gasteiger partial charge is 0.370 e. The Bertz CT molecular complexity index is 1320. The van der Waals surface area contributed by atoms with Crippen LogP contribution in [0.2, 0.25) is 0 Å². The number of rotatable bonds is 7. The van der Waals surface area contributed by atoms with Gasteiger partial charge in [0.1, 0.15) is 0 Å². The van der Waals surface area contributed by atoms with E-state index < -0.39 is 0 Å². The molecule has 3 atom stereocenters. The number of nitrogens with zero attached hydrogens (tertiary/aromatic N) is 5. The van der Waals surface area contributed by atoms with Gasteiger partial charge >= 0.3 is 0 Å². The van der Waals surface area contributed by atoms with Crippen molar-refractivity contribution in [3.05, 3.63) is 84.8 Å². The van der Waals surface area contributed by atoms with Crippen LogP contribution in [0, 0.1) is 6.92 Å². The zero-order chi connectivity index (χ0) is 25.7. The van der Waals surface area contributed by atoms with E-state index >= 15 is 0 Å². The van der Waals surface area contributed by atoms with E-state index in [1.807, 2.05) is 54.3 Å². The molecule has 3 heterocycles. The molecule has 4 aromatic rings. The van der Waals surface area contributed by atoms with Crippen molar-refractivity contribution >= 4 is 11.6 Å². The Morgan fingerprint density at radius 3 is 2.39 bits per heavy atom. The number of hydrogen-bond acceptors (Lipinski definition) is 6. The van der Waals surface area contributed by atoms with Crippen molar-refractivity contribution in [2.75, 3.05) is 23.3 Å². The molecule has 7 nitrogen and oxygen atoms in total. The van der Waals surface area contributed by atoms with Crippen molar-refractivity contribution in [1.82, 2.24) is 25.1 Å². The summed E-state index contributed by atoms with van der Waals surface area (Å²) in [5, 5.41) is 12.3. The molecule has 0 bridgehead atoms. The standard InChI is InChI=1S/C31H37N7/c1-23-18-21-38(36-23)27-15-13-26(14-16-27)37-20-7-10-25(22-37)33-29-11-5-6-12-30(29)35-31-32-19-17-28(34-31)24-8-3-2-4-9-24/h2-4,8-9,13-19,21,25,29-30,33H,5-7,10-12,20,22H2,1H3,(H,32,34,35)/t25-,29?,30?/m0/s1. The molecule has 2 fully saturated rings. The van der Waals surface area contributed by atoms with Gasteiger partial charge in [-0.05, 0) is 69.0 Å². The summed E-state index contributed by atoms with van der Waals surface area (Å²) in [6, 6.07) is 24.4. The molecule has 196 valence electrons. The Kier molecular flexibility index (Phi) is 7.36. The maximum absolute atomic E-state index is 4.84. The molecule has 0 amide bonds. The number of anilines is 2. The third-order valence-corrected chi connectivity index (χ3v) is 7.88. The second-order valence-corrected chi connectivity index (χ2v) is 10.6. The minimum atomic E-state index is 0.335. The number of piperidine rings is 1. The number of aromatic nitrogens is 4. The summed E-state index contributed by atoms with van der Waals surface area (Å²) >= 11 is 0. The first kappa shape index (κ1) is 24.6. The number of benzene rings is 2. The van der Waals surface area contributed by atoms with Crippen LogP contribution in [0.5, 0.6) is 0 Å². The molecule has 38 heavy (non-hydrogen) atoms. The first-order valence-corrected chi connectivity index (χ1v) is 14.0. The van der Waals surface area contributed by atoms with Gasteiger partial charge in [-0.2, -0.15) is 5.10 Å². The maximum Gasteiger partial charge on any atom is 0.223 e. The van der Waals surface area contributed by atoms with E-state index in [-0.39, 0.29) is 0 Å². The summed E-state index contributed by atoms with van der Waals surface area (Å²) in [5.74, 6) is 0.725. The fourth-order valence-corrected chi connectivity index (χ4v) is 5.89. The Morgan fingerprint density at radius 1 is 0.816 bits per heavy atom. The van der Waals surface area contributed by atoms with Crippen molar-refractivity contribution in [1.29, 1.82) is 0 Å². The van der Waals surface area contributed by atoms with Crippen LogP contribution in [0.1, 0.15) is 44.2 Å². The second-order valence-electron chi connectivity index (χ2n) is 10.6. The minimum Gasteiger partial charge on any atom is -0.370 e. The highest BCUT2D eigenvalue weighted by Crippen LogP contribution is 2.26. The van der Waals surface area contributed by atoms with Crippen LogP contribution < -0.4 is 15.5 Å². The van der Waals surface area contributed by atoms with Gasteiger partial charge in [-0.3, -0.25) is 0 Å². The number of nitrogens with one attached hydrogen (secondary N) is 2. The molecule has 7 heteroatoms. The zero-order valence-electron chi connectivity index (χ0n) is 22.1. The average Bonchev–Trinajstić information content (AvgIpc) is 3.41. The van der Waals surface area contributed by atoms with Gasteiger partial charge in [-0.15, -0.1) is 0 Å². The van der Waals surface area contributed by atoms with E-state index in [0.29, 0.717) is 18.1 Å². The summed E-state index contributed by atoms with van der Waals surface area (Å²) in [6.07, 6.45) is 11.1. The summed E-state index contributed by atoms with van der Waals surface area (Å²) in [5.41, 5.74) is 5.49. The summed E-state index contributed by atoms with van der Waals surface area (Å²) in [6.45, 7) is 4.15. The lowest BCUT2D eigenvalue weighted by molar-refractivity contribution is 0.293. The Hall–Kier alpha value is -3.71. The lowest BCUT2D eigenvalue weighted by Crippen LogP contribution is -2.55. The fraction of sp³-hybridized carbons (Fsp3) is 0.387. The average molecular weight is 508 g/mol. The lowest BCUT2D eigenvalue weighted by atomic mass is 9.89. The minimum absolute atomic E-state index is 0.335. The molecular formula is C31H37N7. The molecular weight excluding hydrogens is 470 g/mol. The van der Waals surface area contributed by atoms with Crippen LogP contribution in [-0.2, 0) is 0 Å². The molecule has 0 radical (unpaired) electrons. The lowest BCUT2D eigenvalue weighted by Gasteiger charge is -2.40. The molecule has 2 N–H and O–H groups in total. The van der Waals surface area contributed by atoms with Crippen molar-refractivity contribution in [3.8, 4) is 16.9 Å². The van der Waals surface area contributed by atoms with Crippen LogP contribution in [-0.4, -0.2) is 51.0 Å². The van der Waals surface area contributed by atoms with Gasteiger partial charge in [0, 0.05) is 54.9 Å². The van der Waals surface area contributed by atoms with Crippen LogP contribution in [0.25, 0.3) is 16.9 Å². The third-order valence-electron chi connectivity index (χ3n) is 7.88. The summed E-state index contributed by atoms with van der Waals surface area (Å²) < 4.78 is 1.94. The highest BCUT2D eigenvalue weighted by atomic mass is 15.3. The van der Waals surface area contributed by atoms with E-state index in [0.717, 1.165) is 48.1 Å². The quantitative estimate of drug-likeness (QED) is 0.338. The number of aryl methyl sites for hydroxylation is 1. The predicted octanol–water partition coefficient (Wildman–Crippen LogP) is 5.62. The fourth-order valence-electron chi connectivity index (χ4n) is 5.89. The van der Waals surface area contributed by atoms with Gasteiger partial charge in [0.05, 0.1) is 17.1 Å². The van der Waals surface area contributed by atoms with E-state index in [9.17, 15) is 0 Å².